The van der Waals surface area contributed by atoms with Crippen molar-refractivity contribution < 1.29 is 35.5 Å². The molecule has 0 unspecified atom stereocenters. The number of aromatic nitrogens is 1. The van der Waals surface area contributed by atoms with Crippen molar-refractivity contribution in [3.63, 3.8) is 0 Å². The van der Waals surface area contributed by atoms with Crippen LogP contribution >= 0.6 is 11.9 Å². The molecule has 0 aliphatic rings. The van der Waals surface area contributed by atoms with Gasteiger partial charge in [0, 0.05) is 23.8 Å². The van der Waals surface area contributed by atoms with Gasteiger partial charge in [0.1, 0.15) is 6.54 Å². The largest absolute Gasteiger partial charge is 0.402 e. The van der Waals surface area contributed by atoms with Gasteiger partial charge < -0.3 is 9.88 Å². The molecule has 0 saturated heterocycles. The first-order chi connectivity index (χ1) is 13.1. The molecule has 2 rings (SSSR count). The number of hydrogen-bond acceptors (Lipinski definition) is 4. The maximum absolute atomic E-state index is 12.4. The molecule has 0 bridgehead atoms. The first-order valence-electron chi connectivity index (χ1n) is 7.58. The summed E-state index contributed by atoms with van der Waals surface area (Å²) in [6.07, 6.45) is -5.43. The Labute approximate surface area is 160 Å². The molecule has 0 radical (unpaired) electrons. The zero-order valence-electron chi connectivity index (χ0n) is 14.4. The highest BCUT2D eigenvalue weighted by Gasteiger charge is 2.26. The lowest BCUT2D eigenvalue weighted by Gasteiger charge is -2.06. The number of anilines is 1. The predicted molar refractivity (Wildman–Crippen MR) is 91.6 cm³/mol. The number of nitrogens with one attached hydrogen (secondary N) is 2. The van der Waals surface area contributed by atoms with Crippen LogP contribution in [-0.2, 0) is 6.54 Å². The van der Waals surface area contributed by atoms with E-state index in [1.54, 1.807) is 7.05 Å². The fourth-order valence-corrected chi connectivity index (χ4v) is 2.57. The van der Waals surface area contributed by atoms with Crippen molar-refractivity contribution in [1.29, 1.82) is 0 Å². The van der Waals surface area contributed by atoms with Crippen LogP contribution in [0.3, 0.4) is 0 Å². The van der Waals surface area contributed by atoms with E-state index in [-0.39, 0.29) is 10.6 Å². The predicted octanol–water partition coefficient (Wildman–Crippen LogP) is 4.73. The second-order valence-electron chi connectivity index (χ2n) is 5.18. The molecule has 1 aromatic carbocycles. The van der Waals surface area contributed by atoms with Gasteiger partial charge in [0.05, 0.1) is 12.2 Å². The second-order valence-corrected chi connectivity index (χ2v) is 6.14. The normalized spacial score (nSPS) is 11.2. The van der Waals surface area contributed by atoms with E-state index in [4.69, 9.17) is 0 Å². The number of alkyl halides is 5. The van der Waals surface area contributed by atoms with Gasteiger partial charge >= 0.3 is 6.18 Å². The summed E-state index contributed by atoms with van der Waals surface area (Å²) in [6, 6.07) is 4.90. The second kappa shape index (κ2) is 11.0. The van der Waals surface area contributed by atoms with Crippen molar-refractivity contribution in [1.82, 2.24) is 9.29 Å². The van der Waals surface area contributed by atoms with E-state index in [0.717, 1.165) is 16.7 Å². The minimum atomic E-state index is -4.36. The van der Waals surface area contributed by atoms with Gasteiger partial charge in [-0.15, -0.1) is 0 Å². The summed E-state index contributed by atoms with van der Waals surface area (Å²) in [5, 5.41) is 2.69. The lowest BCUT2D eigenvalue weighted by molar-refractivity contribution is -0.120. The number of rotatable bonds is 7. The summed E-state index contributed by atoms with van der Waals surface area (Å²) in [4.78, 5) is 10.8. The van der Waals surface area contributed by atoms with Gasteiger partial charge in [0.15, 0.2) is 17.9 Å². The highest BCUT2D eigenvalue weighted by atomic mass is 32.2. The maximum Gasteiger partial charge on any atom is 0.402 e. The summed E-state index contributed by atoms with van der Waals surface area (Å²) in [5.41, 5.74) is 0.561. The average molecular weight is 431 g/mol. The van der Waals surface area contributed by atoms with E-state index < -0.39 is 37.3 Å². The van der Waals surface area contributed by atoms with Gasteiger partial charge in [-0.25, -0.2) is 17.6 Å². The van der Waals surface area contributed by atoms with E-state index >= 15 is 0 Å². The average Bonchev–Trinajstić information content (AvgIpc) is 2.97. The molecule has 1 aromatic heterocycles. The van der Waals surface area contributed by atoms with Crippen LogP contribution < -0.4 is 10.0 Å². The zero-order valence-corrected chi connectivity index (χ0v) is 15.2. The Balaban J connectivity index is 0.000000330. The number of carbonyl (C=O) groups excluding carboxylic acids is 1. The van der Waals surface area contributed by atoms with E-state index in [2.05, 4.69) is 5.32 Å². The monoisotopic (exact) mass is 431 g/mol. The molecule has 4 nitrogen and oxygen atoms in total. The smallest absolute Gasteiger partial charge is 0.388 e. The first-order valence-corrected chi connectivity index (χ1v) is 8.40. The van der Waals surface area contributed by atoms with Gasteiger partial charge in [-0.1, -0.05) is 0 Å². The van der Waals surface area contributed by atoms with Crippen LogP contribution in [0.5, 0.6) is 0 Å². The maximum atomic E-state index is 12.4. The Kier molecular flexibility index (Phi) is 9.32. The van der Waals surface area contributed by atoms with Crippen molar-refractivity contribution in [3.05, 3.63) is 47.8 Å². The van der Waals surface area contributed by atoms with Crippen LogP contribution in [0.2, 0.25) is 0 Å². The van der Waals surface area contributed by atoms with Crippen LogP contribution in [0.15, 0.2) is 35.4 Å². The standard InChI is InChI=1S/C9H9F5N2OS.C7H7F2N/c10-8(11)3-16-2-7(1-6(16)4-17)18-15-5-9(12,13)14;1-10-5-2-3-6(8)7(9)4-5/h1-2,4,8,15H,3,5H2;2-4,10H,1H3. The van der Waals surface area contributed by atoms with Crippen molar-refractivity contribution in [2.24, 2.45) is 0 Å². The van der Waals surface area contributed by atoms with Crippen molar-refractivity contribution in [3.8, 4) is 0 Å². The molecule has 2 aromatic rings. The molecule has 0 aliphatic carbocycles. The summed E-state index contributed by atoms with van der Waals surface area (Å²) >= 11 is 0.630. The molecular formula is C16H16F7N3OS. The SMILES string of the molecule is CNc1ccc(F)c(F)c1.O=Cc1cc(SNCC(F)(F)F)cn1CC(F)F. The number of carbonyl (C=O) groups is 1. The highest BCUT2D eigenvalue weighted by Crippen LogP contribution is 2.21. The van der Waals surface area contributed by atoms with Crippen molar-refractivity contribution in [2.45, 2.75) is 24.0 Å². The molecule has 2 N–H and O–H groups in total. The fourth-order valence-electron chi connectivity index (χ4n) is 1.81. The minimum Gasteiger partial charge on any atom is -0.388 e. The van der Waals surface area contributed by atoms with Crippen LogP contribution in [0.1, 0.15) is 10.5 Å². The minimum absolute atomic E-state index is 0.00777. The quantitative estimate of drug-likeness (QED) is 0.378. The Bertz CT molecular complexity index is 765. The number of hydrogen-bond donors (Lipinski definition) is 2. The Hall–Kier alpha value is -2.21. The van der Waals surface area contributed by atoms with Crippen LogP contribution in [-0.4, -0.2) is 37.0 Å². The molecule has 12 heteroatoms. The number of benzene rings is 1. The lowest BCUT2D eigenvalue weighted by atomic mass is 10.3. The third-order valence-corrected chi connectivity index (χ3v) is 3.78. The number of halogens is 7. The summed E-state index contributed by atoms with van der Waals surface area (Å²) in [5.74, 6) is -1.65. The fraction of sp³-hybridized carbons (Fsp3) is 0.312. The van der Waals surface area contributed by atoms with E-state index in [1.807, 2.05) is 4.72 Å². The Morgan fingerprint density at radius 2 is 1.86 bits per heavy atom. The summed E-state index contributed by atoms with van der Waals surface area (Å²) in [6.45, 7) is -1.89. The van der Waals surface area contributed by atoms with E-state index in [0.29, 0.717) is 23.9 Å². The molecule has 156 valence electrons. The first kappa shape index (κ1) is 23.8. The van der Waals surface area contributed by atoms with Gasteiger partial charge in [0.2, 0.25) is 0 Å². The summed E-state index contributed by atoms with van der Waals surface area (Å²) in [7, 11) is 1.65. The molecule has 0 amide bonds. The molecule has 0 spiro atoms. The number of aldehydes is 1. The van der Waals surface area contributed by atoms with Crippen LogP contribution in [0, 0.1) is 11.6 Å². The van der Waals surface area contributed by atoms with Gasteiger partial charge in [-0.05, 0) is 36.2 Å². The molecule has 0 atom stereocenters. The Morgan fingerprint density at radius 3 is 2.36 bits per heavy atom. The van der Waals surface area contributed by atoms with Crippen LogP contribution in [0.25, 0.3) is 0 Å². The third-order valence-electron chi connectivity index (χ3n) is 3.03. The highest BCUT2D eigenvalue weighted by molar-refractivity contribution is 7.97. The zero-order chi connectivity index (χ0) is 21.3. The van der Waals surface area contributed by atoms with Gasteiger partial charge in [0.25, 0.3) is 6.43 Å². The summed E-state index contributed by atoms with van der Waals surface area (Å²) < 4.78 is 87.4. The van der Waals surface area contributed by atoms with E-state index in [1.165, 1.54) is 18.3 Å². The molecular weight excluding hydrogens is 415 g/mol. The molecule has 0 fully saturated rings. The van der Waals surface area contributed by atoms with Crippen molar-refractivity contribution >= 4 is 23.9 Å². The lowest BCUT2D eigenvalue weighted by Crippen LogP contribution is -2.23. The van der Waals surface area contributed by atoms with Gasteiger partial charge in [-0.3, -0.25) is 9.52 Å². The molecule has 0 aliphatic heterocycles. The Morgan fingerprint density at radius 1 is 1.18 bits per heavy atom. The van der Waals surface area contributed by atoms with E-state index in [9.17, 15) is 35.5 Å². The topological polar surface area (TPSA) is 46.1 Å². The molecule has 1 heterocycles. The van der Waals surface area contributed by atoms with Crippen molar-refractivity contribution in [2.75, 3.05) is 18.9 Å². The third kappa shape index (κ3) is 8.65. The van der Waals surface area contributed by atoms with Gasteiger partial charge in [-0.2, -0.15) is 13.2 Å². The molecule has 0 saturated carbocycles. The van der Waals surface area contributed by atoms with Crippen LogP contribution in [0.4, 0.5) is 36.4 Å². The molecule has 28 heavy (non-hydrogen) atoms. The number of nitrogens with zero attached hydrogens (tertiary/aromatic N) is 1.